The zero-order chi connectivity index (χ0) is 28.9. The summed E-state index contributed by atoms with van der Waals surface area (Å²) in [5, 5.41) is 3.98. The highest BCUT2D eigenvalue weighted by molar-refractivity contribution is 7.85. The van der Waals surface area contributed by atoms with Crippen molar-refractivity contribution in [2.24, 2.45) is 5.41 Å². The van der Waals surface area contributed by atoms with Crippen LogP contribution in [-0.4, -0.2) is 61.2 Å². The number of halogens is 4. The van der Waals surface area contributed by atoms with Crippen molar-refractivity contribution < 1.29 is 31.6 Å². The van der Waals surface area contributed by atoms with Crippen molar-refractivity contribution in [2.45, 2.75) is 63.0 Å². The van der Waals surface area contributed by atoms with Gasteiger partial charge in [0, 0.05) is 56.9 Å². The van der Waals surface area contributed by atoms with Gasteiger partial charge in [-0.15, -0.1) is 10.0 Å². The van der Waals surface area contributed by atoms with Crippen molar-refractivity contribution in [3.63, 3.8) is 0 Å². The first-order valence-corrected chi connectivity index (χ1v) is 14.7. The number of rotatable bonds is 9. The molecule has 3 heterocycles. The van der Waals surface area contributed by atoms with Crippen LogP contribution in [0.25, 0.3) is 5.65 Å². The number of nitrogens with zero attached hydrogens (tertiary/aromatic N) is 4. The van der Waals surface area contributed by atoms with Crippen LogP contribution in [0, 0.1) is 11.4 Å². The molecule has 3 aromatic rings. The minimum atomic E-state index is -4.14. The van der Waals surface area contributed by atoms with Crippen LogP contribution >= 0.6 is 0 Å². The molecule has 5 rings (SSSR count). The van der Waals surface area contributed by atoms with Gasteiger partial charge in [-0.25, -0.2) is 9.50 Å². The molecule has 7 nitrogen and oxygen atoms in total. The second kappa shape index (κ2) is 10.6. The van der Waals surface area contributed by atoms with Gasteiger partial charge in [-0.1, -0.05) is 38.1 Å². The van der Waals surface area contributed by atoms with Gasteiger partial charge in [0.1, 0.15) is 12.3 Å². The van der Waals surface area contributed by atoms with Gasteiger partial charge < -0.3 is 4.79 Å². The van der Waals surface area contributed by atoms with Crippen LogP contribution in [0.15, 0.2) is 36.5 Å². The van der Waals surface area contributed by atoms with Crippen molar-refractivity contribution >= 4 is 22.7 Å². The third-order valence-electron chi connectivity index (χ3n) is 8.60. The molecule has 1 saturated heterocycles. The van der Waals surface area contributed by atoms with E-state index in [2.05, 4.69) is 15.0 Å². The fourth-order valence-electron chi connectivity index (χ4n) is 6.34. The van der Waals surface area contributed by atoms with Crippen LogP contribution < -0.4 is 0 Å². The second-order valence-corrected chi connectivity index (χ2v) is 13.4. The van der Waals surface area contributed by atoms with E-state index in [1.54, 1.807) is 18.3 Å². The number of alkyl halides is 2. The van der Waals surface area contributed by atoms with E-state index in [1.807, 2.05) is 13.8 Å². The Hall–Kier alpha value is -2.70. The smallest absolute Gasteiger partial charge is 0.303 e. The Labute approximate surface area is 232 Å². The maximum Gasteiger partial charge on any atom is 0.405 e. The zero-order valence-electron chi connectivity index (χ0n) is 22.6. The summed E-state index contributed by atoms with van der Waals surface area (Å²) >= 11 is 0. The Balaban J connectivity index is 1.40. The minimum absolute atomic E-state index is 0.0863. The Morgan fingerprint density at radius 2 is 1.93 bits per heavy atom. The van der Waals surface area contributed by atoms with Crippen LogP contribution in [0.5, 0.6) is 0 Å². The summed E-state index contributed by atoms with van der Waals surface area (Å²) in [6.45, 7) is 4.17. The first-order chi connectivity index (χ1) is 18.9. The summed E-state index contributed by atoms with van der Waals surface area (Å²) in [5.41, 5.74) is 2.06. The molecule has 0 saturated carbocycles. The molecule has 0 N–H and O–H groups in total. The molecule has 0 spiro atoms. The van der Waals surface area contributed by atoms with E-state index in [0.717, 1.165) is 23.1 Å². The number of hydrogen-bond acceptors (Lipinski definition) is 6. The van der Waals surface area contributed by atoms with E-state index in [4.69, 9.17) is 0 Å². The summed E-state index contributed by atoms with van der Waals surface area (Å²) in [4.78, 5) is 20.7. The third kappa shape index (κ3) is 5.21. The highest BCUT2D eigenvalue weighted by atomic mass is 32.2. The highest BCUT2D eigenvalue weighted by Crippen LogP contribution is 2.49. The molecule has 1 fully saturated rings. The number of carbonyl (C=O) groups is 1. The zero-order valence-corrected chi connectivity index (χ0v) is 23.4. The average molecular weight is 581 g/mol. The molecule has 0 radical (unpaired) electrons. The largest absolute Gasteiger partial charge is 0.405 e. The van der Waals surface area contributed by atoms with E-state index >= 15 is 0 Å². The van der Waals surface area contributed by atoms with Gasteiger partial charge in [0.15, 0.2) is 5.65 Å². The third-order valence-corrected chi connectivity index (χ3v) is 9.92. The summed E-state index contributed by atoms with van der Waals surface area (Å²) in [5.74, 6) is 0.0539. The molecular weight excluding hydrogens is 548 g/mol. The molecule has 12 heteroatoms. The van der Waals surface area contributed by atoms with E-state index < -0.39 is 34.3 Å². The monoisotopic (exact) mass is 580 g/mol. The Morgan fingerprint density at radius 3 is 2.55 bits per heavy atom. The van der Waals surface area contributed by atoms with Gasteiger partial charge in [-0.3, -0.25) is 9.11 Å². The molecule has 2 aliphatic rings. The minimum Gasteiger partial charge on any atom is -0.303 e. The first-order valence-electron chi connectivity index (χ1n) is 13.2. The number of benzene rings is 1. The summed E-state index contributed by atoms with van der Waals surface area (Å²) in [7, 11) is 0.473. The first kappa shape index (κ1) is 28.8. The molecule has 1 aromatic carbocycles. The van der Waals surface area contributed by atoms with Crippen molar-refractivity contribution in [1.29, 1.82) is 0 Å². The number of aromatic nitrogens is 3. The van der Waals surface area contributed by atoms with Gasteiger partial charge >= 0.3 is 6.11 Å². The maximum atomic E-state index is 14.8. The van der Waals surface area contributed by atoms with E-state index in [1.165, 1.54) is 34.7 Å². The summed E-state index contributed by atoms with van der Waals surface area (Å²) in [6.07, 6.45) is 0.229. The average Bonchev–Trinajstić information content (AvgIpc) is 3.44. The second-order valence-electron chi connectivity index (χ2n) is 11.7. The molecule has 216 valence electrons. The Morgan fingerprint density at radius 1 is 1.25 bits per heavy atom. The molecule has 0 bridgehead atoms. The van der Waals surface area contributed by atoms with Gasteiger partial charge in [0.25, 0.3) is 0 Å². The molecule has 0 amide bonds. The standard InChI is InChI=1S/C28H32F4N4O3S/c1-26(2)15-20(21-16-33-23-14-22(29)34-36(23)25(21)26)18-4-6-19(7-5-18)24(28(30,31)39-32)35(3)11-8-27(17-37)9-12-40(38)13-10-27/h4-7,14,16-17,20,24H,8-13,15H2,1-3H3/t20-,24?,27?,40?/m0/s1. The number of fused-ring (bicyclic) bond motifs is 3. The van der Waals surface area contributed by atoms with Gasteiger partial charge in [-0.2, -0.15) is 13.2 Å². The number of likely N-dealkylation sites (N-methyl/N-ethyl adjacent to an activating group) is 1. The molecular formula is C28H32F4N4O3S. The van der Waals surface area contributed by atoms with Crippen LogP contribution in [0.1, 0.15) is 73.9 Å². The lowest BCUT2D eigenvalue weighted by molar-refractivity contribution is -0.376. The fourth-order valence-corrected chi connectivity index (χ4v) is 7.81. The van der Waals surface area contributed by atoms with Gasteiger partial charge in [-0.05, 0) is 54.9 Å². The molecule has 40 heavy (non-hydrogen) atoms. The van der Waals surface area contributed by atoms with Crippen molar-refractivity contribution in [3.05, 3.63) is 64.9 Å². The molecule has 1 unspecified atom stereocenters. The fraction of sp³-hybridized carbons (Fsp3) is 0.536. The van der Waals surface area contributed by atoms with Gasteiger partial charge in [0.2, 0.25) is 5.95 Å². The number of hydrogen-bond donors (Lipinski definition) is 0. The van der Waals surface area contributed by atoms with Crippen LogP contribution in [0.4, 0.5) is 17.7 Å². The Kier molecular flexibility index (Phi) is 7.64. The van der Waals surface area contributed by atoms with E-state index in [-0.39, 0.29) is 29.9 Å². The Bertz CT molecular complexity index is 1420. The van der Waals surface area contributed by atoms with Crippen molar-refractivity contribution in [2.75, 3.05) is 25.1 Å². The lowest BCUT2D eigenvalue weighted by Crippen LogP contribution is -2.42. The van der Waals surface area contributed by atoms with E-state index in [0.29, 0.717) is 36.4 Å². The summed E-state index contributed by atoms with van der Waals surface area (Å²) < 4.78 is 69.9. The topological polar surface area (TPSA) is 76.8 Å². The van der Waals surface area contributed by atoms with E-state index in [9.17, 15) is 26.7 Å². The normalized spacial score (nSPS) is 25.3. The SMILES string of the molecule is CN(CCC1(C=O)CCS(=O)CC1)C(c1ccc([C@@H]2CC(C)(C)c3c2cnc2cc(F)nn32)cc1)C(F)(F)OF. The lowest BCUT2D eigenvalue weighted by Gasteiger charge is -2.36. The quantitative estimate of drug-likeness (QED) is 0.254. The predicted molar refractivity (Wildman–Crippen MR) is 142 cm³/mol. The van der Waals surface area contributed by atoms with Crippen molar-refractivity contribution in [1.82, 2.24) is 19.5 Å². The molecule has 2 atom stereocenters. The van der Waals surface area contributed by atoms with Crippen LogP contribution in [-0.2, 0) is 26.0 Å². The van der Waals surface area contributed by atoms with Crippen molar-refractivity contribution in [3.8, 4) is 0 Å². The summed E-state index contributed by atoms with van der Waals surface area (Å²) in [6, 6.07) is 6.07. The number of aldehydes is 1. The maximum absolute atomic E-state index is 14.8. The predicted octanol–water partition coefficient (Wildman–Crippen LogP) is 5.27. The van der Waals surface area contributed by atoms with Crippen LogP contribution in [0.3, 0.4) is 0 Å². The number of carbonyl (C=O) groups excluding carboxylic acids is 1. The molecule has 1 aliphatic heterocycles. The highest BCUT2D eigenvalue weighted by Gasteiger charge is 2.47. The van der Waals surface area contributed by atoms with Crippen LogP contribution in [0.2, 0.25) is 0 Å². The lowest BCUT2D eigenvalue weighted by atomic mass is 9.80. The van der Waals surface area contributed by atoms with Gasteiger partial charge in [0.05, 0.1) is 5.69 Å². The molecule has 2 aromatic heterocycles. The molecule has 1 aliphatic carbocycles.